The van der Waals surface area contributed by atoms with Crippen molar-refractivity contribution in [1.29, 1.82) is 0 Å². The van der Waals surface area contributed by atoms with Crippen molar-refractivity contribution in [3.8, 4) is 0 Å². The Morgan fingerprint density at radius 1 is 1.14 bits per heavy atom. The van der Waals surface area contributed by atoms with E-state index in [1.165, 1.54) is 12.8 Å². The van der Waals surface area contributed by atoms with E-state index < -0.39 is 5.97 Å². The topological polar surface area (TPSA) is 72.9 Å². The first-order valence-corrected chi connectivity index (χ1v) is 8.05. The highest BCUT2D eigenvalue weighted by Gasteiger charge is 2.26. The van der Waals surface area contributed by atoms with Crippen LogP contribution in [0.2, 0.25) is 0 Å². The van der Waals surface area contributed by atoms with Crippen molar-refractivity contribution in [2.24, 2.45) is 0 Å². The van der Waals surface area contributed by atoms with Gasteiger partial charge in [-0.15, -0.1) is 0 Å². The average Bonchev–Trinajstić information content (AvgIpc) is 2.83. The zero-order valence-electron chi connectivity index (χ0n) is 12.9. The second-order valence-electron chi connectivity index (χ2n) is 6.23. The Morgan fingerprint density at radius 3 is 2.52 bits per heavy atom. The minimum absolute atomic E-state index is 0.0937. The third-order valence-corrected chi connectivity index (χ3v) is 4.61. The molecule has 0 aromatic heterocycles. The summed E-state index contributed by atoms with van der Waals surface area (Å²) in [5.74, 6) is -0.663. The highest BCUT2D eigenvalue weighted by Crippen LogP contribution is 2.18. The van der Waals surface area contributed by atoms with E-state index in [0.29, 0.717) is 12.6 Å². The lowest BCUT2D eigenvalue weighted by Gasteiger charge is -2.28. The largest absolute Gasteiger partial charge is 0.480 e. The molecule has 1 unspecified atom stereocenters. The van der Waals surface area contributed by atoms with Gasteiger partial charge in [-0.3, -0.25) is 19.4 Å². The molecule has 6 nitrogen and oxygen atoms in total. The second kappa shape index (κ2) is 7.75. The fraction of sp³-hybridized carbons (Fsp3) is 0.867. The Balaban J connectivity index is 1.80. The van der Waals surface area contributed by atoms with Crippen LogP contribution in [0.25, 0.3) is 0 Å². The van der Waals surface area contributed by atoms with Crippen molar-refractivity contribution >= 4 is 11.9 Å². The van der Waals surface area contributed by atoms with Crippen LogP contribution in [0.1, 0.15) is 39.0 Å². The van der Waals surface area contributed by atoms with E-state index in [2.05, 4.69) is 10.2 Å². The first-order valence-electron chi connectivity index (χ1n) is 8.05. The standard InChI is InChI=1S/C15H27N3O3/c1-12(15(21)16-13-5-2-3-6-13)18-8-4-7-17(9-10-18)11-14(19)20/h12-13H,2-11H2,1H3,(H,16,21)(H,19,20). The number of rotatable bonds is 5. The fourth-order valence-corrected chi connectivity index (χ4v) is 3.29. The van der Waals surface area contributed by atoms with Crippen LogP contribution in [-0.2, 0) is 9.59 Å². The van der Waals surface area contributed by atoms with Gasteiger partial charge in [-0.2, -0.15) is 0 Å². The lowest BCUT2D eigenvalue weighted by Crippen LogP contribution is -2.48. The van der Waals surface area contributed by atoms with Crippen LogP contribution in [0.4, 0.5) is 0 Å². The van der Waals surface area contributed by atoms with Gasteiger partial charge in [0.15, 0.2) is 0 Å². The Labute approximate surface area is 126 Å². The third-order valence-electron chi connectivity index (χ3n) is 4.61. The predicted octanol–water partition coefficient (Wildman–Crippen LogP) is 0.526. The summed E-state index contributed by atoms with van der Waals surface area (Å²) in [7, 11) is 0. The van der Waals surface area contributed by atoms with E-state index in [-0.39, 0.29) is 18.5 Å². The van der Waals surface area contributed by atoms with Crippen LogP contribution in [0.3, 0.4) is 0 Å². The molecule has 6 heteroatoms. The van der Waals surface area contributed by atoms with Crippen molar-refractivity contribution in [1.82, 2.24) is 15.1 Å². The Hall–Kier alpha value is -1.14. The number of carbonyl (C=O) groups excluding carboxylic acids is 1. The van der Waals surface area contributed by atoms with Gasteiger partial charge in [0.05, 0.1) is 12.6 Å². The van der Waals surface area contributed by atoms with Crippen molar-refractivity contribution in [2.75, 3.05) is 32.7 Å². The fourth-order valence-electron chi connectivity index (χ4n) is 3.29. The highest BCUT2D eigenvalue weighted by molar-refractivity contribution is 5.81. The lowest BCUT2D eigenvalue weighted by atomic mass is 10.2. The van der Waals surface area contributed by atoms with Crippen molar-refractivity contribution < 1.29 is 14.7 Å². The zero-order chi connectivity index (χ0) is 15.2. The molecule has 1 amide bonds. The molecule has 1 saturated heterocycles. The smallest absolute Gasteiger partial charge is 0.317 e. The summed E-state index contributed by atoms with van der Waals surface area (Å²) in [4.78, 5) is 27.2. The molecule has 2 rings (SSSR count). The van der Waals surface area contributed by atoms with E-state index in [1.54, 1.807) is 0 Å². The lowest BCUT2D eigenvalue weighted by molar-refractivity contribution is -0.138. The number of amides is 1. The van der Waals surface area contributed by atoms with Crippen molar-refractivity contribution in [2.45, 2.75) is 51.1 Å². The van der Waals surface area contributed by atoms with Gasteiger partial charge in [0.25, 0.3) is 0 Å². The molecule has 0 radical (unpaired) electrons. The number of carbonyl (C=O) groups is 2. The van der Waals surface area contributed by atoms with Crippen LogP contribution in [0, 0.1) is 0 Å². The number of nitrogens with zero attached hydrogens (tertiary/aromatic N) is 2. The SMILES string of the molecule is CC(C(=O)NC1CCCC1)N1CCCN(CC(=O)O)CC1. The average molecular weight is 297 g/mol. The molecule has 1 heterocycles. The van der Waals surface area contributed by atoms with Crippen LogP contribution < -0.4 is 5.32 Å². The molecule has 21 heavy (non-hydrogen) atoms. The van der Waals surface area contributed by atoms with Gasteiger partial charge in [-0.05, 0) is 26.2 Å². The summed E-state index contributed by atoms with van der Waals surface area (Å²) >= 11 is 0. The van der Waals surface area contributed by atoms with Gasteiger partial charge in [0, 0.05) is 32.2 Å². The first kappa shape index (κ1) is 16.2. The molecule has 1 aliphatic carbocycles. The number of nitrogens with one attached hydrogen (secondary N) is 1. The molecule has 2 N–H and O–H groups in total. The molecular weight excluding hydrogens is 270 g/mol. The van der Waals surface area contributed by atoms with Crippen LogP contribution in [-0.4, -0.2) is 71.6 Å². The second-order valence-corrected chi connectivity index (χ2v) is 6.23. The first-order chi connectivity index (χ1) is 10.1. The highest BCUT2D eigenvalue weighted by atomic mass is 16.4. The zero-order valence-corrected chi connectivity index (χ0v) is 12.9. The monoisotopic (exact) mass is 297 g/mol. The molecular formula is C15H27N3O3. The molecule has 1 aliphatic heterocycles. The van der Waals surface area contributed by atoms with Gasteiger partial charge in [-0.1, -0.05) is 12.8 Å². The maximum absolute atomic E-state index is 12.3. The maximum atomic E-state index is 12.3. The summed E-state index contributed by atoms with van der Waals surface area (Å²) in [5.41, 5.74) is 0. The van der Waals surface area contributed by atoms with Crippen LogP contribution >= 0.6 is 0 Å². The molecule has 120 valence electrons. The number of aliphatic carboxylic acids is 1. The minimum atomic E-state index is -0.782. The van der Waals surface area contributed by atoms with E-state index in [0.717, 1.165) is 38.9 Å². The number of carboxylic acid groups (broad SMARTS) is 1. The van der Waals surface area contributed by atoms with Gasteiger partial charge < -0.3 is 10.4 Å². The van der Waals surface area contributed by atoms with E-state index >= 15 is 0 Å². The Morgan fingerprint density at radius 2 is 1.86 bits per heavy atom. The molecule has 0 aromatic rings. The molecule has 0 aromatic carbocycles. The molecule has 1 saturated carbocycles. The van der Waals surface area contributed by atoms with Gasteiger partial charge in [-0.25, -0.2) is 0 Å². The van der Waals surface area contributed by atoms with Gasteiger partial charge in [0.2, 0.25) is 5.91 Å². The quantitative estimate of drug-likeness (QED) is 0.774. The summed E-state index contributed by atoms with van der Waals surface area (Å²) in [6, 6.07) is 0.228. The molecule has 2 aliphatic rings. The van der Waals surface area contributed by atoms with Crippen LogP contribution in [0.15, 0.2) is 0 Å². The predicted molar refractivity (Wildman–Crippen MR) is 80.1 cm³/mol. The van der Waals surface area contributed by atoms with Gasteiger partial charge in [0.1, 0.15) is 0 Å². The third kappa shape index (κ3) is 4.97. The van der Waals surface area contributed by atoms with Crippen molar-refractivity contribution in [3.63, 3.8) is 0 Å². The Bertz CT molecular complexity index is 369. The summed E-state index contributed by atoms with van der Waals surface area (Å²) in [6.45, 7) is 5.17. The maximum Gasteiger partial charge on any atom is 0.317 e. The van der Waals surface area contributed by atoms with E-state index in [9.17, 15) is 9.59 Å². The molecule has 0 spiro atoms. The summed E-state index contributed by atoms with van der Waals surface area (Å²) in [6.07, 6.45) is 5.55. The van der Waals surface area contributed by atoms with Gasteiger partial charge >= 0.3 is 5.97 Å². The molecule has 1 atom stereocenters. The minimum Gasteiger partial charge on any atom is -0.480 e. The number of hydrogen-bond donors (Lipinski definition) is 2. The summed E-state index contributed by atoms with van der Waals surface area (Å²) in [5, 5.41) is 12.0. The normalized spacial score (nSPS) is 23.7. The Kier molecular flexibility index (Phi) is 5.99. The molecule has 0 bridgehead atoms. The van der Waals surface area contributed by atoms with E-state index in [1.807, 2.05) is 11.8 Å². The van der Waals surface area contributed by atoms with Crippen molar-refractivity contribution in [3.05, 3.63) is 0 Å². The summed E-state index contributed by atoms with van der Waals surface area (Å²) < 4.78 is 0. The number of hydrogen-bond acceptors (Lipinski definition) is 4. The van der Waals surface area contributed by atoms with E-state index in [4.69, 9.17) is 5.11 Å². The van der Waals surface area contributed by atoms with Crippen LogP contribution in [0.5, 0.6) is 0 Å². The number of carboxylic acids is 1. The molecule has 2 fully saturated rings.